The van der Waals surface area contributed by atoms with Gasteiger partial charge in [-0.05, 0) is 25.7 Å². The van der Waals surface area contributed by atoms with E-state index >= 15 is 0 Å². The summed E-state index contributed by atoms with van der Waals surface area (Å²) >= 11 is 0. The maximum Gasteiger partial charge on any atom is 0.242 e. The number of anilines is 2. The van der Waals surface area contributed by atoms with Gasteiger partial charge in [-0.1, -0.05) is 0 Å². The van der Waals surface area contributed by atoms with E-state index in [9.17, 15) is 4.79 Å². The van der Waals surface area contributed by atoms with Crippen molar-refractivity contribution in [2.45, 2.75) is 37.1 Å². The molecule has 3 aliphatic rings. The van der Waals surface area contributed by atoms with Crippen molar-refractivity contribution in [3.05, 3.63) is 18.1 Å². The fourth-order valence-electron chi connectivity index (χ4n) is 4.83. The second kappa shape index (κ2) is 8.13. The number of nitrogen functional groups attached to an aromatic ring is 1. The molecule has 0 spiro atoms. The number of ether oxygens (including phenoxy) is 1. The number of rotatable bonds is 4. The maximum atomic E-state index is 12.7. The molecular weight excluding hydrogens is 436 g/mol. The summed E-state index contributed by atoms with van der Waals surface area (Å²) in [5.74, 6) is 1.09. The number of hydrogen-bond donors (Lipinski definition) is 3. The Kier molecular flexibility index (Phi) is 5.06. The van der Waals surface area contributed by atoms with Gasteiger partial charge in [-0.2, -0.15) is 10.1 Å². The van der Waals surface area contributed by atoms with E-state index in [1.807, 2.05) is 4.90 Å². The second-order valence-electron chi connectivity index (χ2n) is 9.36. The molecule has 0 atom stereocenters. The van der Waals surface area contributed by atoms with Gasteiger partial charge >= 0.3 is 0 Å². The molecule has 0 unspecified atom stereocenters. The minimum atomic E-state index is -0.627. The predicted octanol–water partition coefficient (Wildman–Crippen LogP) is 0.426. The standard InChI is InChI=1S/C22H28N10O2/c23-20-25-11-14(12-26-20)16-15-17(13-1-5-31(6-2-13)19(33)22(24)3-4-22)29-30-18(15)28-21(27-16)32-7-9-34-10-8-32/h11-13H,1-10,24H2,(H2,23,25,26)(H,27,28,29,30). The van der Waals surface area contributed by atoms with E-state index in [2.05, 4.69) is 25.1 Å². The number of nitrogens with one attached hydrogen (secondary N) is 1. The molecule has 3 aromatic heterocycles. The first-order chi connectivity index (χ1) is 16.5. The first kappa shape index (κ1) is 21.2. The van der Waals surface area contributed by atoms with E-state index in [0.29, 0.717) is 37.9 Å². The number of nitrogens with zero attached hydrogens (tertiary/aromatic N) is 7. The van der Waals surface area contributed by atoms with E-state index in [1.165, 1.54) is 0 Å². The van der Waals surface area contributed by atoms with E-state index in [1.54, 1.807) is 12.4 Å². The molecule has 12 heteroatoms. The molecule has 34 heavy (non-hydrogen) atoms. The molecule has 3 aromatic rings. The van der Waals surface area contributed by atoms with Crippen LogP contribution in [-0.4, -0.2) is 85.9 Å². The largest absolute Gasteiger partial charge is 0.378 e. The summed E-state index contributed by atoms with van der Waals surface area (Å²) in [6.07, 6.45) is 6.55. The highest BCUT2D eigenvalue weighted by atomic mass is 16.5. The molecular formula is C22H28N10O2. The summed E-state index contributed by atoms with van der Waals surface area (Å²) in [5.41, 5.74) is 14.3. The average molecular weight is 465 g/mol. The lowest BCUT2D eigenvalue weighted by molar-refractivity contribution is -0.134. The van der Waals surface area contributed by atoms with Gasteiger partial charge in [0.25, 0.3) is 0 Å². The molecule has 6 rings (SSSR count). The summed E-state index contributed by atoms with van der Waals surface area (Å²) in [4.78, 5) is 34.8. The molecule has 0 bridgehead atoms. The van der Waals surface area contributed by atoms with Crippen molar-refractivity contribution in [2.24, 2.45) is 5.73 Å². The number of H-pyrrole nitrogens is 1. The van der Waals surface area contributed by atoms with Crippen molar-refractivity contribution in [1.29, 1.82) is 0 Å². The third-order valence-electron chi connectivity index (χ3n) is 7.06. The van der Waals surface area contributed by atoms with Crippen LogP contribution in [0, 0.1) is 0 Å². The Morgan fingerprint density at radius 3 is 2.47 bits per heavy atom. The van der Waals surface area contributed by atoms with E-state index < -0.39 is 5.54 Å². The summed E-state index contributed by atoms with van der Waals surface area (Å²) in [5, 5.41) is 8.67. The Morgan fingerprint density at radius 1 is 1.09 bits per heavy atom. The van der Waals surface area contributed by atoms with Crippen LogP contribution in [0.2, 0.25) is 0 Å². The maximum absolute atomic E-state index is 12.7. The average Bonchev–Trinajstić information content (AvgIpc) is 3.49. The molecule has 5 heterocycles. The van der Waals surface area contributed by atoms with Crippen LogP contribution in [0.15, 0.2) is 12.4 Å². The zero-order valence-corrected chi connectivity index (χ0v) is 18.9. The van der Waals surface area contributed by atoms with Gasteiger partial charge in [0.1, 0.15) is 0 Å². The molecule has 1 saturated carbocycles. The van der Waals surface area contributed by atoms with Crippen molar-refractivity contribution < 1.29 is 9.53 Å². The monoisotopic (exact) mass is 464 g/mol. The number of amides is 1. The highest BCUT2D eigenvalue weighted by molar-refractivity contribution is 5.93. The summed E-state index contributed by atoms with van der Waals surface area (Å²) in [7, 11) is 0. The molecule has 0 radical (unpaired) electrons. The molecule has 178 valence electrons. The first-order valence-corrected chi connectivity index (χ1v) is 11.8. The molecule has 12 nitrogen and oxygen atoms in total. The van der Waals surface area contributed by atoms with Crippen LogP contribution in [0.5, 0.6) is 0 Å². The van der Waals surface area contributed by atoms with Crippen LogP contribution in [0.3, 0.4) is 0 Å². The fourth-order valence-corrected chi connectivity index (χ4v) is 4.83. The number of carbonyl (C=O) groups is 1. The minimum absolute atomic E-state index is 0.0797. The lowest BCUT2D eigenvalue weighted by atomic mass is 9.90. The number of aromatic nitrogens is 6. The van der Waals surface area contributed by atoms with Crippen molar-refractivity contribution in [3.63, 3.8) is 0 Å². The number of aromatic amines is 1. The summed E-state index contributed by atoms with van der Waals surface area (Å²) in [6, 6.07) is 0. The minimum Gasteiger partial charge on any atom is -0.378 e. The van der Waals surface area contributed by atoms with Gasteiger partial charge in [0.05, 0.1) is 35.5 Å². The Bertz CT molecular complexity index is 1210. The molecule has 1 amide bonds. The van der Waals surface area contributed by atoms with Gasteiger partial charge in [-0.25, -0.2) is 15.0 Å². The van der Waals surface area contributed by atoms with Gasteiger partial charge in [0.15, 0.2) is 5.65 Å². The quantitative estimate of drug-likeness (QED) is 0.493. The smallest absolute Gasteiger partial charge is 0.242 e. The molecule has 2 saturated heterocycles. The topological polar surface area (TPSA) is 165 Å². The number of hydrogen-bond acceptors (Lipinski definition) is 10. The Labute approximate surface area is 196 Å². The van der Waals surface area contributed by atoms with Gasteiger partial charge in [-0.15, -0.1) is 0 Å². The number of carbonyl (C=O) groups excluding carboxylic acids is 1. The fraction of sp³-hybridized carbons (Fsp3) is 0.545. The molecule has 3 fully saturated rings. The third-order valence-corrected chi connectivity index (χ3v) is 7.06. The van der Waals surface area contributed by atoms with E-state index in [4.69, 9.17) is 26.2 Å². The van der Waals surface area contributed by atoms with Crippen LogP contribution < -0.4 is 16.4 Å². The van der Waals surface area contributed by atoms with Crippen LogP contribution >= 0.6 is 0 Å². The van der Waals surface area contributed by atoms with Crippen molar-refractivity contribution in [3.8, 4) is 11.3 Å². The molecule has 0 aromatic carbocycles. The zero-order valence-electron chi connectivity index (χ0n) is 18.9. The normalized spacial score (nSPS) is 20.6. The van der Waals surface area contributed by atoms with Crippen LogP contribution in [0.4, 0.5) is 11.9 Å². The third kappa shape index (κ3) is 3.72. The van der Waals surface area contributed by atoms with Crippen molar-refractivity contribution >= 4 is 28.8 Å². The van der Waals surface area contributed by atoms with Gasteiger partial charge in [-0.3, -0.25) is 9.89 Å². The van der Waals surface area contributed by atoms with Crippen molar-refractivity contribution in [1.82, 2.24) is 35.0 Å². The highest BCUT2D eigenvalue weighted by Crippen LogP contribution is 2.39. The van der Waals surface area contributed by atoms with E-state index in [0.717, 1.165) is 61.1 Å². The van der Waals surface area contributed by atoms with Crippen LogP contribution in [0.1, 0.15) is 37.3 Å². The van der Waals surface area contributed by atoms with Crippen molar-refractivity contribution in [2.75, 3.05) is 50.0 Å². The first-order valence-electron chi connectivity index (χ1n) is 11.8. The number of likely N-dealkylation sites (tertiary alicyclic amines) is 1. The summed E-state index contributed by atoms with van der Waals surface area (Å²) < 4.78 is 5.48. The lowest BCUT2D eigenvalue weighted by Gasteiger charge is -2.33. The zero-order chi connectivity index (χ0) is 23.3. The Balaban J connectivity index is 1.35. The number of fused-ring (bicyclic) bond motifs is 1. The summed E-state index contributed by atoms with van der Waals surface area (Å²) in [6.45, 7) is 4.06. The number of nitrogens with two attached hydrogens (primary N) is 2. The Hall–Kier alpha value is -3.38. The Morgan fingerprint density at radius 2 is 1.79 bits per heavy atom. The van der Waals surface area contributed by atoms with Gasteiger partial charge < -0.3 is 26.0 Å². The molecule has 2 aliphatic heterocycles. The lowest BCUT2D eigenvalue weighted by Crippen LogP contribution is -2.48. The predicted molar refractivity (Wildman–Crippen MR) is 125 cm³/mol. The SMILES string of the molecule is Nc1ncc(-c2nc(N3CCOCC3)nc3[nH]nc(C4CCN(C(=O)C5(N)CC5)CC4)c23)cn1. The van der Waals surface area contributed by atoms with Crippen LogP contribution in [0.25, 0.3) is 22.3 Å². The number of piperidine rings is 1. The molecule has 5 N–H and O–H groups in total. The van der Waals surface area contributed by atoms with Crippen LogP contribution in [-0.2, 0) is 9.53 Å². The van der Waals surface area contributed by atoms with Gasteiger partial charge in [0, 0.05) is 50.1 Å². The van der Waals surface area contributed by atoms with E-state index in [-0.39, 0.29) is 17.8 Å². The molecule has 1 aliphatic carbocycles. The number of morpholine rings is 1. The second-order valence-corrected chi connectivity index (χ2v) is 9.36. The van der Waals surface area contributed by atoms with Gasteiger partial charge in [0.2, 0.25) is 17.8 Å². The highest BCUT2D eigenvalue weighted by Gasteiger charge is 2.48.